The van der Waals surface area contributed by atoms with Crippen molar-refractivity contribution in [1.29, 1.82) is 0 Å². The van der Waals surface area contributed by atoms with Gasteiger partial charge in [0.15, 0.2) is 5.76 Å². The van der Waals surface area contributed by atoms with Crippen molar-refractivity contribution < 1.29 is 12.8 Å². The SMILES string of the molecule is Cc1ccccc1NS(=O)(=O)c1cc(-c2ccn[nH]2)oc1C. The Hall–Kier alpha value is -2.54. The van der Waals surface area contributed by atoms with Crippen LogP contribution in [-0.4, -0.2) is 18.6 Å². The number of hydrogen-bond donors (Lipinski definition) is 2. The lowest BCUT2D eigenvalue weighted by atomic mass is 10.2. The number of anilines is 1. The minimum absolute atomic E-state index is 0.111. The van der Waals surface area contributed by atoms with Crippen LogP contribution in [0.15, 0.2) is 51.9 Å². The van der Waals surface area contributed by atoms with Crippen molar-refractivity contribution in [2.24, 2.45) is 0 Å². The highest BCUT2D eigenvalue weighted by molar-refractivity contribution is 7.92. The lowest BCUT2D eigenvalue weighted by Gasteiger charge is -2.09. The number of sulfonamides is 1. The summed E-state index contributed by atoms with van der Waals surface area (Å²) >= 11 is 0. The van der Waals surface area contributed by atoms with Gasteiger partial charge in [0.2, 0.25) is 0 Å². The number of nitrogens with one attached hydrogen (secondary N) is 2. The number of benzene rings is 1. The number of furan rings is 1. The Morgan fingerprint density at radius 2 is 1.95 bits per heavy atom. The molecule has 3 aromatic rings. The van der Waals surface area contributed by atoms with Gasteiger partial charge in [-0.2, -0.15) is 5.10 Å². The van der Waals surface area contributed by atoms with E-state index in [1.165, 1.54) is 6.07 Å². The molecule has 114 valence electrons. The maximum Gasteiger partial charge on any atom is 0.265 e. The molecular weight excluding hydrogens is 302 g/mol. The van der Waals surface area contributed by atoms with Gasteiger partial charge in [0.1, 0.15) is 16.3 Å². The van der Waals surface area contributed by atoms with Crippen LogP contribution in [0.5, 0.6) is 0 Å². The normalized spacial score (nSPS) is 11.5. The Kier molecular flexibility index (Phi) is 3.50. The van der Waals surface area contributed by atoms with Gasteiger partial charge in [-0.15, -0.1) is 0 Å². The molecule has 2 N–H and O–H groups in total. The molecule has 0 aliphatic rings. The summed E-state index contributed by atoms with van der Waals surface area (Å²) in [6.45, 7) is 3.46. The molecule has 7 heteroatoms. The van der Waals surface area contributed by atoms with Gasteiger partial charge in [-0.05, 0) is 31.5 Å². The molecule has 0 aliphatic carbocycles. The fraction of sp³-hybridized carbons (Fsp3) is 0.133. The first-order chi connectivity index (χ1) is 10.5. The van der Waals surface area contributed by atoms with E-state index in [9.17, 15) is 8.42 Å². The van der Waals surface area contributed by atoms with E-state index >= 15 is 0 Å². The Labute approximate surface area is 128 Å². The molecule has 0 amide bonds. The van der Waals surface area contributed by atoms with E-state index < -0.39 is 10.0 Å². The predicted molar refractivity (Wildman–Crippen MR) is 83.0 cm³/mol. The zero-order chi connectivity index (χ0) is 15.7. The number of rotatable bonds is 4. The van der Waals surface area contributed by atoms with Crippen molar-refractivity contribution in [1.82, 2.24) is 10.2 Å². The highest BCUT2D eigenvalue weighted by atomic mass is 32.2. The van der Waals surface area contributed by atoms with Crippen LogP contribution >= 0.6 is 0 Å². The van der Waals surface area contributed by atoms with Gasteiger partial charge < -0.3 is 4.42 Å². The van der Waals surface area contributed by atoms with E-state index in [0.29, 0.717) is 22.9 Å². The number of aryl methyl sites for hydroxylation is 2. The fourth-order valence-corrected chi connectivity index (χ4v) is 3.46. The standard InChI is InChI=1S/C15H15N3O3S/c1-10-5-3-4-6-12(10)18-22(19,20)15-9-14(21-11(15)2)13-7-8-16-17-13/h3-9,18H,1-2H3,(H,16,17). The summed E-state index contributed by atoms with van der Waals surface area (Å²) in [5.74, 6) is 0.755. The number of H-pyrrole nitrogens is 1. The second-order valence-electron chi connectivity index (χ2n) is 4.92. The summed E-state index contributed by atoms with van der Waals surface area (Å²) in [4.78, 5) is 0.111. The van der Waals surface area contributed by atoms with Crippen LogP contribution in [-0.2, 0) is 10.0 Å². The number of aromatic nitrogens is 2. The van der Waals surface area contributed by atoms with Crippen LogP contribution in [0.2, 0.25) is 0 Å². The summed E-state index contributed by atoms with van der Waals surface area (Å²) in [5.41, 5.74) is 2.02. The Bertz CT molecular complexity index is 896. The van der Waals surface area contributed by atoms with E-state index in [-0.39, 0.29) is 4.90 Å². The van der Waals surface area contributed by atoms with E-state index in [1.54, 1.807) is 31.3 Å². The van der Waals surface area contributed by atoms with E-state index in [1.807, 2.05) is 19.1 Å². The predicted octanol–water partition coefficient (Wildman–Crippen LogP) is 3.09. The monoisotopic (exact) mass is 317 g/mol. The van der Waals surface area contributed by atoms with Crippen molar-refractivity contribution >= 4 is 15.7 Å². The van der Waals surface area contributed by atoms with Crippen LogP contribution in [0.1, 0.15) is 11.3 Å². The Morgan fingerprint density at radius 3 is 2.64 bits per heavy atom. The van der Waals surface area contributed by atoms with Crippen molar-refractivity contribution in [3.8, 4) is 11.5 Å². The highest BCUT2D eigenvalue weighted by Gasteiger charge is 2.23. The average Bonchev–Trinajstić information content (AvgIpc) is 3.10. The molecule has 0 atom stereocenters. The molecule has 0 radical (unpaired) electrons. The molecule has 3 rings (SSSR count). The highest BCUT2D eigenvalue weighted by Crippen LogP contribution is 2.28. The van der Waals surface area contributed by atoms with Gasteiger partial charge in [-0.25, -0.2) is 8.42 Å². The van der Waals surface area contributed by atoms with Crippen LogP contribution in [0.4, 0.5) is 5.69 Å². The molecule has 0 saturated carbocycles. The Morgan fingerprint density at radius 1 is 1.18 bits per heavy atom. The lowest BCUT2D eigenvalue weighted by Crippen LogP contribution is -2.13. The second-order valence-corrected chi connectivity index (χ2v) is 6.57. The average molecular weight is 317 g/mol. The van der Waals surface area contributed by atoms with Crippen molar-refractivity contribution in [2.45, 2.75) is 18.7 Å². The quantitative estimate of drug-likeness (QED) is 0.774. The first-order valence-electron chi connectivity index (χ1n) is 6.66. The molecule has 1 aromatic carbocycles. The number of para-hydroxylation sites is 1. The van der Waals surface area contributed by atoms with Crippen molar-refractivity contribution in [2.75, 3.05) is 4.72 Å². The summed E-state index contributed by atoms with van der Waals surface area (Å²) in [5, 5.41) is 6.57. The smallest absolute Gasteiger partial charge is 0.265 e. The van der Waals surface area contributed by atoms with Gasteiger partial charge in [-0.1, -0.05) is 18.2 Å². The topological polar surface area (TPSA) is 88.0 Å². The first kappa shape index (κ1) is 14.4. The Balaban J connectivity index is 1.98. The number of hydrogen-bond acceptors (Lipinski definition) is 4. The van der Waals surface area contributed by atoms with Crippen LogP contribution in [0, 0.1) is 13.8 Å². The van der Waals surface area contributed by atoms with Crippen LogP contribution in [0.3, 0.4) is 0 Å². The van der Waals surface area contributed by atoms with Crippen molar-refractivity contribution in [3.05, 3.63) is 53.9 Å². The molecule has 0 saturated heterocycles. The van der Waals surface area contributed by atoms with E-state index in [0.717, 1.165) is 5.56 Å². The second kappa shape index (κ2) is 5.34. The van der Waals surface area contributed by atoms with Gasteiger partial charge >= 0.3 is 0 Å². The molecule has 2 aromatic heterocycles. The first-order valence-corrected chi connectivity index (χ1v) is 8.14. The molecule has 0 fully saturated rings. The minimum atomic E-state index is -3.71. The minimum Gasteiger partial charge on any atom is -0.458 e. The summed E-state index contributed by atoms with van der Waals surface area (Å²) < 4.78 is 33.2. The van der Waals surface area contributed by atoms with Crippen LogP contribution < -0.4 is 4.72 Å². The van der Waals surface area contributed by atoms with Crippen molar-refractivity contribution in [3.63, 3.8) is 0 Å². The molecule has 2 heterocycles. The largest absolute Gasteiger partial charge is 0.458 e. The maximum absolute atomic E-state index is 12.6. The zero-order valence-corrected chi connectivity index (χ0v) is 12.9. The fourth-order valence-electron chi connectivity index (χ4n) is 2.15. The molecule has 0 bridgehead atoms. The number of aromatic amines is 1. The van der Waals surface area contributed by atoms with E-state index in [4.69, 9.17) is 4.42 Å². The maximum atomic E-state index is 12.6. The van der Waals surface area contributed by atoms with Gasteiger partial charge in [-0.3, -0.25) is 9.82 Å². The van der Waals surface area contributed by atoms with Gasteiger partial charge in [0.25, 0.3) is 10.0 Å². The summed E-state index contributed by atoms with van der Waals surface area (Å²) in [6.07, 6.45) is 1.58. The van der Waals surface area contributed by atoms with E-state index in [2.05, 4.69) is 14.9 Å². The van der Waals surface area contributed by atoms with Gasteiger partial charge in [0.05, 0.1) is 5.69 Å². The third-order valence-corrected chi connectivity index (χ3v) is 4.79. The van der Waals surface area contributed by atoms with Gasteiger partial charge in [0, 0.05) is 12.3 Å². The third kappa shape index (κ3) is 2.62. The summed E-state index contributed by atoms with van der Waals surface area (Å²) in [7, 11) is -3.71. The molecule has 0 spiro atoms. The lowest BCUT2D eigenvalue weighted by molar-refractivity contribution is 0.533. The molecule has 0 aliphatic heterocycles. The molecule has 22 heavy (non-hydrogen) atoms. The zero-order valence-electron chi connectivity index (χ0n) is 12.1. The summed E-state index contributed by atoms with van der Waals surface area (Å²) in [6, 6.07) is 10.4. The van der Waals surface area contributed by atoms with Crippen LogP contribution in [0.25, 0.3) is 11.5 Å². The molecule has 6 nitrogen and oxygen atoms in total. The third-order valence-electron chi connectivity index (χ3n) is 3.32. The number of nitrogens with zero attached hydrogens (tertiary/aromatic N) is 1. The molecular formula is C15H15N3O3S. The molecule has 0 unspecified atom stereocenters.